The molecule has 23 heavy (non-hydrogen) atoms. The first-order chi connectivity index (χ1) is 11.2. The number of carboxylic acids is 1. The molecular weight excluding hydrogens is 288 g/mol. The number of carbonyl (C=O) groups is 1. The Bertz CT molecular complexity index is 1100. The first-order valence-electron chi connectivity index (χ1n) is 7.30. The van der Waals surface area contributed by atoms with Gasteiger partial charge in [-0.05, 0) is 23.6 Å². The number of benzene rings is 3. The lowest BCUT2D eigenvalue weighted by molar-refractivity contribution is 0.0699. The molecule has 4 aromatic rings. The van der Waals surface area contributed by atoms with Gasteiger partial charge in [-0.25, -0.2) is 14.8 Å². The molecule has 0 spiro atoms. The summed E-state index contributed by atoms with van der Waals surface area (Å²) in [5.41, 5.74) is 5.55. The number of nitrogens with zero attached hydrogens (tertiary/aromatic N) is 2. The van der Waals surface area contributed by atoms with E-state index >= 15 is 0 Å². The van der Waals surface area contributed by atoms with Crippen molar-refractivity contribution in [1.29, 1.82) is 0 Å². The Hall–Kier alpha value is -3.27. The fourth-order valence-electron chi connectivity index (χ4n) is 3.36. The molecule has 0 amide bonds. The quantitative estimate of drug-likeness (QED) is 0.505. The van der Waals surface area contributed by atoms with Gasteiger partial charge < -0.3 is 5.11 Å². The van der Waals surface area contributed by atoms with Crippen LogP contribution in [0.25, 0.3) is 44.3 Å². The Morgan fingerprint density at radius 2 is 1.43 bits per heavy atom. The lowest BCUT2D eigenvalue weighted by atomic mass is 9.99. The summed E-state index contributed by atoms with van der Waals surface area (Å²) >= 11 is 0. The van der Waals surface area contributed by atoms with Gasteiger partial charge in [0.1, 0.15) is 0 Å². The maximum atomic E-state index is 11.5. The maximum Gasteiger partial charge on any atom is 0.336 e. The second-order valence-electron chi connectivity index (χ2n) is 5.60. The largest absolute Gasteiger partial charge is 0.478 e. The zero-order valence-corrected chi connectivity index (χ0v) is 11.9. The fourth-order valence-corrected chi connectivity index (χ4v) is 3.36. The molecule has 3 aromatic carbocycles. The van der Waals surface area contributed by atoms with E-state index in [0.29, 0.717) is 5.56 Å². The Morgan fingerprint density at radius 3 is 2.09 bits per heavy atom. The van der Waals surface area contributed by atoms with Crippen molar-refractivity contribution >= 4 is 27.8 Å². The van der Waals surface area contributed by atoms with Crippen molar-refractivity contribution in [3.05, 3.63) is 60.2 Å². The van der Waals surface area contributed by atoms with E-state index in [9.17, 15) is 9.90 Å². The molecule has 0 bridgehead atoms. The van der Waals surface area contributed by atoms with Gasteiger partial charge in [-0.3, -0.25) is 0 Å². The molecule has 0 radical (unpaired) electrons. The van der Waals surface area contributed by atoms with Crippen LogP contribution in [0.1, 0.15) is 10.4 Å². The third-order valence-corrected chi connectivity index (χ3v) is 4.35. The smallest absolute Gasteiger partial charge is 0.336 e. The molecule has 0 atom stereocenters. The number of hydrogen-bond donors (Lipinski definition) is 1. The van der Waals surface area contributed by atoms with Crippen LogP contribution in [-0.4, -0.2) is 21.0 Å². The first-order valence-corrected chi connectivity index (χ1v) is 7.30. The predicted octanol–water partition coefficient (Wildman–Crippen LogP) is 4.13. The molecular formula is C19H10N2O2. The van der Waals surface area contributed by atoms with Gasteiger partial charge in [0, 0.05) is 16.5 Å². The van der Waals surface area contributed by atoms with Gasteiger partial charge in [-0.2, -0.15) is 0 Å². The molecule has 0 saturated heterocycles. The number of para-hydroxylation sites is 2. The van der Waals surface area contributed by atoms with Crippen LogP contribution < -0.4 is 0 Å². The third-order valence-electron chi connectivity index (χ3n) is 4.35. The SMILES string of the molecule is O=C(O)c1ccc2c3c(cccc13)-c1nc3ccccc3nc1-2. The number of aromatic nitrogens is 2. The molecule has 4 nitrogen and oxygen atoms in total. The van der Waals surface area contributed by atoms with Crippen LogP contribution >= 0.6 is 0 Å². The van der Waals surface area contributed by atoms with Gasteiger partial charge in [-0.15, -0.1) is 0 Å². The zero-order valence-electron chi connectivity index (χ0n) is 11.9. The van der Waals surface area contributed by atoms with E-state index in [2.05, 4.69) is 0 Å². The summed E-state index contributed by atoms with van der Waals surface area (Å²) in [5, 5.41) is 11.1. The molecule has 5 rings (SSSR count). The van der Waals surface area contributed by atoms with Crippen LogP contribution in [0, 0.1) is 0 Å². The Morgan fingerprint density at radius 1 is 0.783 bits per heavy atom. The summed E-state index contributed by atoms with van der Waals surface area (Å²) in [7, 11) is 0. The third kappa shape index (κ3) is 1.52. The lowest BCUT2D eigenvalue weighted by Crippen LogP contribution is -1.97. The normalized spacial score (nSPS) is 11.8. The molecule has 108 valence electrons. The summed E-state index contributed by atoms with van der Waals surface area (Å²) in [5.74, 6) is -0.921. The Kier molecular flexibility index (Phi) is 2.21. The molecule has 4 heteroatoms. The van der Waals surface area contributed by atoms with Crippen LogP contribution in [0.3, 0.4) is 0 Å². The molecule has 0 aliphatic heterocycles. The van der Waals surface area contributed by atoms with Gasteiger partial charge in [0.2, 0.25) is 0 Å². The van der Waals surface area contributed by atoms with E-state index < -0.39 is 5.97 Å². The van der Waals surface area contributed by atoms with Crippen molar-refractivity contribution in [3.63, 3.8) is 0 Å². The molecule has 0 unspecified atom stereocenters. The molecule has 0 fully saturated rings. The van der Waals surface area contributed by atoms with Gasteiger partial charge in [0.05, 0.1) is 28.0 Å². The highest BCUT2D eigenvalue weighted by molar-refractivity contribution is 6.18. The molecule has 1 aliphatic carbocycles. The van der Waals surface area contributed by atoms with Crippen molar-refractivity contribution in [2.75, 3.05) is 0 Å². The van der Waals surface area contributed by atoms with Gasteiger partial charge in [-0.1, -0.05) is 36.4 Å². The number of rotatable bonds is 1. The Labute approximate surface area is 131 Å². The fraction of sp³-hybridized carbons (Fsp3) is 0. The molecule has 1 heterocycles. The minimum absolute atomic E-state index is 0.308. The van der Waals surface area contributed by atoms with Crippen molar-refractivity contribution in [3.8, 4) is 22.5 Å². The van der Waals surface area contributed by atoms with Gasteiger partial charge in [0.25, 0.3) is 0 Å². The summed E-state index contributed by atoms with van der Waals surface area (Å²) < 4.78 is 0. The summed E-state index contributed by atoms with van der Waals surface area (Å²) in [6.07, 6.45) is 0. The lowest BCUT2D eigenvalue weighted by Gasteiger charge is -2.04. The van der Waals surface area contributed by atoms with Gasteiger partial charge >= 0.3 is 5.97 Å². The second kappa shape index (κ2) is 4.14. The average Bonchev–Trinajstić information content (AvgIpc) is 2.88. The molecule has 1 aliphatic rings. The highest BCUT2D eigenvalue weighted by Gasteiger charge is 2.26. The highest BCUT2D eigenvalue weighted by Crippen LogP contribution is 2.46. The molecule has 0 saturated carbocycles. The average molecular weight is 298 g/mol. The van der Waals surface area contributed by atoms with Gasteiger partial charge in [0.15, 0.2) is 0 Å². The van der Waals surface area contributed by atoms with E-state index in [1.165, 1.54) is 0 Å². The molecule has 1 aromatic heterocycles. The van der Waals surface area contributed by atoms with Crippen LogP contribution in [0.2, 0.25) is 0 Å². The number of fused-ring (bicyclic) bond motifs is 4. The predicted molar refractivity (Wildman–Crippen MR) is 88.4 cm³/mol. The Balaban J connectivity index is 1.96. The summed E-state index contributed by atoms with van der Waals surface area (Å²) in [6, 6.07) is 16.9. The zero-order chi connectivity index (χ0) is 15.6. The van der Waals surface area contributed by atoms with E-state index in [1.807, 2.05) is 48.5 Å². The number of aromatic carboxylic acids is 1. The minimum atomic E-state index is -0.921. The topological polar surface area (TPSA) is 63.1 Å². The summed E-state index contributed by atoms with van der Waals surface area (Å²) in [4.78, 5) is 21.0. The number of carboxylic acid groups (broad SMARTS) is 1. The monoisotopic (exact) mass is 298 g/mol. The van der Waals surface area contributed by atoms with E-state index in [-0.39, 0.29) is 0 Å². The van der Waals surface area contributed by atoms with Crippen molar-refractivity contribution < 1.29 is 9.90 Å². The van der Waals surface area contributed by atoms with E-state index in [1.54, 1.807) is 6.07 Å². The number of hydrogen-bond acceptors (Lipinski definition) is 3. The van der Waals surface area contributed by atoms with Crippen LogP contribution in [0.5, 0.6) is 0 Å². The standard InChI is InChI=1S/C19H10N2O2/c22-19(23)11-8-9-13-16-10(11)4-3-5-12(16)17-18(13)21-15-7-2-1-6-14(15)20-17/h1-9H,(H,22,23). The summed E-state index contributed by atoms with van der Waals surface area (Å²) in [6.45, 7) is 0. The molecule has 1 N–H and O–H groups in total. The van der Waals surface area contributed by atoms with Crippen LogP contribution in [0.4, 0.5) is 0 Å². The van der Waals surface area contributed by atoms with Crippen molar-refractivity contribution in [2.45, 2.75) is 0 Å². The van der Waals surface area contributed by atoms with Crippen molar-refractivity contribution in [1.82, 2.24) is 9.97 Å². The van der Waals surface area contributed by atoms with E-state index in [0.717, 1.165) is 44.3 Å². The highest BCUT2D eigenvalue weighted by atomic mass is 16.4. The van der Waals surface area contributed by atoms with Crippen molar-refractivity contribution in [2.24, 2.45) is 0 Å². The van der Waals surface area contributed by atoms with Crippen LogP contribution in [-0.2, 0) is 0 Å². The first kappa shape index (κ1) is 12.3. The maximum absolute atomic E-state index is 11.5. The minimum Gasteiger partial charge on any atom is -0.478 e. The van der Waals surface area contributed by atoms with E-state index in [4.69, 9.17) is 9.97 Å². The second-order valence-corrected chi connectivity index (χ2v) is 5.60. The van der Waals surface area contributed by atoms with Crippen LogP contribution in [0.15, 0.2) is 54.6 Å².